The van der Waals surface area contributed by atoms with Gasteiger partial charge in [0.15, 0.2) is 0 Å². The van der Waals surface area contributed by atoms with Crippen LogP contribution in [0.2, 0.25) is 0 Å². The van der Waals surface area contributed by atoms with Gasteiger partial charge < -0.3 is 10.6 Å². The van der Waals surface area contributed by atoms with Crippen LogP contribution >= 0.6 is 0 Å². The van der Waals surface area contributed by atoms with E-state index in [1.165, 1.54) is 17.5 Å². The average Bonchev–Trinajstić information content (AvgIpc) is 2.81. The largest absolute Gasteiger partial charge is 0.312 e. The van der Waals surface area contributed by atoms with E-state index in [-0.39, 0.29) is 0 Å². The fraction of sp³-hybridized carbons (Fsp3) is 0.667. The Morgan fingerprint density at radius 2 is 1.95 bits per heavy atom. The molecule has 0 radical (unpaired) electrons. The summed E-state index contributed by atoms with van der Waals surface area (Å²) in [5.74, 6) is 0.802. The van der Waals surface area contributed by atoms with Gasteiger partial charge in [-0.1, -0.05) is 45.9 Å². The molecule has 2 heteroatoms. The zero-order valence-corrected chi connectivity index (χ0v) is 13.3. The van der Waals surface area contributed by atoms with Gasteiger partial charge in [-0.25, -0.2) is 0 Å². The molecule has 1 fully saturated rings. The predicted molar refractivity (Wildman–Crippen MR) is 84.6 cm³/mol. The fourth-order valence-electron chi connectivity index (χ4n) is 3.97. The molecule has 2 N–H and O–H groups in total. The maximum absolute atomic E-state index is 3.70. The first-order chi connectivity index (χ1) is 9.44. The molecule has 3 rings (SSSR count). The van der Waals surface area contributed by atoms with Gasteiger partial charge >= 0.3 is 0 Å². The van der Waals surface area contributed by atoms with E-state index in [4.69, 9.17) is 0 Å². The summed E-state index contributed by atoms with van der Waals surface area (Å²) in [6, 6.07) is 6.76. The molecule has 0 bridgehead atoms. The molecule has 0 atom stereocenters. The third-order valence-electron chi connectivity index (χ3n) is 6.22. The number of hydrogen-bond donors (Lipinski definition) is 2. The molecule has 0 unspecified atom stereocenters. The Kier molecular flexibility index (Phi) is 3.42. The first-order valence-electron chi connectivity index (χ1n) is 7.95. The number of rotatable bonds is 4. The summed E-state index contributed by atoms with van der Waals surface area (Å²) in [7, 11) is 0. The summed E-state index contributed by atoms with van der Waals surface area (Å²) in [5.41, 5.74) is 5.54. The van der Waals surface area contributed by atoms with Crippen molar-refractivity contribution in [2.24, 2.45) is 16.7 Å². The molecule has 2 aliphatic rings. The highest BCUT2D eigenvalue weighted by Crippen LogP contribution is 2.67. The summed E-state index contributed by atoms with van der Waals surface area (Å²) in [5, 5.41) is 7.16. The SMILES string of the molecule is CC1(C)C(CNCc2cccc3c2CCNC3)C1(C)C. The molecule has 1 heterocycles. The topological polar surface area (TPSA) is 24.1 Å². The van der Waals surface area contributed by atoms with Crippen molar-refractivity contribution < 1.29 is 0 Å². The van der Waals surface area contributed by atoms with Crippen molar-refractivity contribution in [1.29, 1.82) is 0 Å². The first kappa shape index (κ1) is 14.1. The number of hydrogen-bond acceptors (Lipinski definition) is 2. The van der Waals surface area contributed by atoms with E-state index in [1.807, 2.05) is 0 Å². The van der Waals surface area contributed by atoms with Crippen LogP contribution in [0.3, 0.4) is 0 Å². The lowest BCUT2D eigenvalue weighted by Gasteiger charge is -2.20. The maximum Gasteiger partial charge on any atom is 0.0208 e. The van der Waals surface area contributed by atoms with Crippen LogP contribution in [0.1, 0.15) is 44.4 Å². The second-order valence-corrected chi connectivity index (χ2v) is 7.61. The van der Waals surface area contributed by atoms with E-state index < -0.39 is 0 Å². The lowest BCUT2D eigenvalue weighted by atomic mass is 9.95. The van der Waals surface area contributed by atoms with Crippen molar-refractivity contribution in [3.8, 4) is 0 Å². The minimum atomic E-state index is 0.486. The number of benzene rings is 1. The van der Waals surface area contributed by atoms with Crippen molar-refractivity contribution in [3.05, 3.63) is 34.9 Å². The molecule has 1 aromatic rings. The van der Waals surface area contributed by atoms with Gasteiger partial charge in [-0.3, -0.25) is 0 Å². The minimum absolute atomic E-state index is 0.486. The lowest BCUT2D eigenvalue weighted by molar-refractivity contribution is 0.457. The van der Waals surface area contributed by atoms with Gasteiger partial charge in [0.2, 0.25) is 0 Å². The Balaban J connectivity index is 1.60. The van der Waals surface area contributed by atoms with Crippen molar-refractivity contribution in [1.82, 2.24) is 10.6 Å². The van der Waals surface area contributed by atoms with Crippen LogP contribution in [0, 0.1) is 16.7 Å². The molecule has 1 aliphatic heterocycles. The van der Waals surface area contributed by atoms with Crippen LogP contribution < -0.4 is 10.6 Å². The second-order valence-electron chi connectivity index (χ2n) is 7.61. The van der Waals surface area contributed by atoms with Gasteiger partial charge in [-0.05, 0) is 52.9 Å². The third-order valence-corrected chi connectivity index (χ3v) is 6.22. The van der Waals surface area contributed by atoms with E-state index in [2.05, 4.69) is 56.5 Å². The highest BCUT2D eigenvalue weighted by atomic mass is 14.9. The Morgan fingerprint density at radius 1 is 1.20 bits per heavy atom. The average molecular weight is 272 g/mol. The molecule has 1 aliphatic carbocycles. The maximum atomic E-state index is 3.70. The van der Waals surface area contributed by atoms with Crippen molar-refractivity contribution >= 4 is 0 Å². The van der Waals surface area contributed by atoms with Crippen molar-refractivity contribution in [2.75, 3.05) is 13.1 Å². The highest BCUT2D eigenvalue weighted by Gasteiger charge is 2.63. The molecule has 0 aromatic heterocycles. The number of fused-ring (bicyclic) bond motifs is 1. The standard InChI is InChI=1S/C18H28N2/c1-17(2)16(18(17,3)4)12-20-11-14-7-5-6-13-10-19-9-8-15(13)14/h5-7,16,19-20H,8-12H2,1-4H3. The van der Waals surface area contributed by atoms with Crippen molar-refractivity contribution in [2.45, 2.75) is 47.2 Å². The smallest absolute Gasteiger partial charge is 0.0208 e. The van der Waals surface area contributed by atoms with Gasteiger partial charge in [0, 0.05) is 13.1 Å². The molecule has 20 heavy (non-hydrogen) atoms. The number of nitrogens with one attached hydrogen (secondary N) is 2. The molecule has 1 aromatic carbocycles. The highest BCUT2D eigenvalue weighted by molar-refractivity contribution is 5.37. The van der Waals surface area contributed by atoms with Gasteiger partial charge in [0.05, 0.1) is 0 Å². The zero-order valence-electron chi connectivity index (χ0n) is 13.3. The Hall–Kier alpha value is -0.860. The van der Waals surface area contributed by atoms with E-state index in [0.717, 1.165) is 32.1 Å². The molecule has 1 saturated carbocycles. The van der Waals surface area contributed by atoms with Gasteiger partial charge in [0.1, 0.15) is 0 Å². The van der Waals surface area contributed by atoms with Crippen LogP contribution in [0.5, 0.6) is 0 Å². The summed E-state index contributed by atoms with van der Waals surface area (Å²) in [6.45, 7) is 13.9. The molecule has 2 nitrogen and oxygen atoms in total. The summed E-state index contributed by atoms with van der Waals surface area (Å²) < 4.78 is 0. The van der Waals surface area contributed by atoms with Crippen LogP contribution in [0.4, 0.5) is 0 Å². The van der Waals surface area contributed by atoms with E-state index in [1.54, 1.807) is 5.56 Å². The van der Waals surface area contributed by atoms with Crippen LogP contribution in [-0.2, 0) is 19.5 Å². The molecule has 0 saturated heterocycles. The van der Waals surface area contributed by atoms with Gasteiger partial charge in [0.25, 0.3) is 0 Å². The molecule has 0 amide bonds. The van der Waals surface area contributed by atoms with E-state index >= 15 is 0 Å². The normalized spacial score (nSPS) is 23.4. The monoisotopic (exact) mass is 272 g/mol. The lowest BCUT2D eigenvalue weighted by Crippen LogP contribution is -2.26. The van der Waals surface area contributed by atoms with Gasteiger partial charge in [-0.15, -0.1) is 0 Å². The second kappa shape index (κ2) is 4.85. The quantitative estimate of drug-likeness (QED) is 0.880. The van der Waals surface area contributed by atoms with E-state index in [9.17, 15) is 0 Å². The Labute approximate surface area is 123 Å². The Bertz CT molecular complexity index is 488. The molecular weight excluding hydrogens is 244 g/mol. The summed E-state index contributed by atoms with van der Waals surface area (Å²) >= 11 is 0. The molecule has 110 valence electrons. The van der Waals surface area contributed by atoms with E-state index in [0.29, 0.717) is 10.8 Å². The van der Waals surface area contributed by atoms with Crippen LogP contribution in [0.25, 0.3) is 0 Å². The fourth-order valence-corrected chi connectivity index (χ4v) is 3.97. The van der Waals surface area contributed by atoms with Crippen LogP contribution in [0.15, 0.2) is 18.2 Å². The third kappa shape index (κ3) is 2.19. The molecular formula is C18H28N2. The summed E-state index contributed by atoms with van der Waals surface area (Å²) in [4.78, 5) is 0. The molecule has 0 spiro atoms. The minimum Gasteiger partial charge on any atom is -0.312 e. The summed E-state index contributed by atoms with van der Waals surface area (Å²) in [6.07, 6.45) is 1.17. The van der Waals surface area contributed by atoms with Crippen molar-refractivity contribution in [3.63, 3.8) is 0 Å². The van der Waals surface area contributed by atoms with Gasteiger partial charge in [-0.2, -0.15) is 0 Å². The first-order valence-corrected chi connectivity index (χ1v) is 7.95. The Morgan fingerprint density at radius 3 is 2.65 bits per heavy atom. The predicted octanol–water partition coefficient (Wildman–Crippen LogP) is 3.10. The zero-order chi connectivity index (χ0) is 14.4. The van der Waals surface area contributed by atoms with Crippen LogP contribution in [-0.4, -0.2) is 13.1 Å².